The van der Waals surface area contributed by atoms with Crippen molar-refractivity contribution in [1.29, 1.82) is 0 Å². The van der Waals surface area contributed by atoms with Crippen molar-refractivity contribution >= 4 is 11.6 Å². The van der Waals surface area contributed by atoms with Gasteiger partial charge in [0, 0.05) is 29.9 Å². The molecule has 0 spiro atoms. The van der Waals surface area contributed by atoms with Gasteiger partial charge in [-0.1, -0.05) is 41.0 Å². The molecule has 3 rings (SSSR count). The second kappa shape index (κ2) is 5.55. The van der Waals surface area contributed by atoms with Crippen molar-refractivity contribution in [3.05, 3.63) is 22.5 Å². The highest BCUT2D eigenvalue weighted by Gasteiger charge is 2.48. The molecule has 2 aliphatic carbocycles. The lowest BCUT2D eigenvalue weighted by molar-refractivity contribution is -0.123. The molecular weight excluding hydrogens is 302 g/mol. The van der Waals surface area contributed by atoms with Crippen LogP contribution in [0.3, 0.4) is 0 Å². The van der Waals surface area contributed by atoms with Crippen LogP contribution in [0.15, 0.2) is 22.5 Å². The molecule has 132 valence electrons. The number of hydroxylamine groups is 2. The second-order valence-corrected chi connectivity index (χ2v) is 9.26. The second-order valence-electron chi connectivity index (χ2n) is 9.26. The third-order valence-corrected chi connectivity index (χ3v) is 5.58. The number of rotatable bonds is 2. The summed E-state index contributed by atoms with van der Waals surface area (Å²) in [6, 6.07) is 0. The number of carbonyl (C=O) groups excluding carboxylic acids is 2. The van der Waals surface area contributed by atoms with Gasteiger partial charge in [0.2, 0.25) is 0 Å². The molecule has 0 bridgehead atoms. The predicted octanol–water partition coefficient (Wildman–Crippen LogP) is 4.39. The molecule has 1 aliphatic heterocycles. The van der Waals surface area contributed by atoms with Crippen LogP contribution >= 0.6 is 0 Å². The Balaban J connectivity index is 2.15. The van der Waals surface area contributed by atoms with Crippen LogP contribution in [0, 0.1) is 16.7 Å². The maximum absolute atomic E-state index is 12.9. The quantitative estimate of drug-likeness (QED) is 0.815. The Morgan fingerprint density at radius 1 is 0.917 bits per heavy atom. The van der Waals surface area contributed by atoms with Crippen LogP contribution < -0.4 is 0 Å². The van der Waals surface area contributed by atoms with Crippen molar-refractivity contribution < 1.29 is 14.8 Å². The number of carbonyl (C=O) groups is 2. The maximum atomic E-state index is 12.9. The largest absolute Gasteiger partial charge is 0.294 e. The number of hydrogen-bond acceptors (Lipinski definition) is 4. The van der Waals surface area contributed by atoms with Gasteiger partial charge in [0.1, 0.15) is 0 Å². The summed E-state index contributed by atoms with van der Waals surface area (Å²) >= 11 is 0. The van der Waals surface area contributed by atoms with Crippen molar-refractivity contribution in [2.24, 2.45) is 16.7 Å². The fourth-order valence-corrected chi connectivity index (χ4v) is 4.66. The summed E-state index contributed by atoms with van der Waals surface area (Å²) in [5.74, 6) is 0.0708. The smallest absolute Gasteiger partial charge is 0.161 e. The highest BCUT2D eigenvalue weighted by Crippen LogP contribution is 2.51. The van der Waals surface area contributed by atoms with E-state index in [1.165, 1.54) is 5.06 Å². The van der Waals surface area contributed by atoms with E-state index in [1.54, 1.807) is 0 Å². The SMILES string of the molecule is CCCC1C2=C(CC(C)(C)CC2=O)N(O)C2=C1C(=O)CC(C)(C)C2. The van der Waals surface area contributed by atoms with E-state index in [9.17, 15) is 14.8 Å². The molecular formula is C20H29NO3. The minimum atomic E-state index is -0.153. The predicted molar refractivity (Wildman–Crippen MR) is 92.1 cm³/mol. The number of hydrogen-bond donors (Lipinski definition) is 1. The maximum Gasteiger partial charge on any atom is 0.161 e. The van der Waals surface area contributed by atoms with Gasteiger partial charge >= 0.3 is 0 Å². The standard InChI is InChI=1S/C20H29NO3/c1-6-7-12-17-13(8-19(2,3)10-15(17)22)21(24)14-9-20(4,5)11-16(23)18(12)14/h12,24H,6-11H2,1-5H3. The first-order valence-electron chi connectivity index (χ1n) is 9.08. The van der Waals surface area contributed by atoms with E-state index in [0.29, 0.717) is 36.8 Å². The first kappa shape index (κ1) is 17.4. The lowest BCUT2D eigenvalue weighted by Gasteiger charge is -2.46. The van der Waals surface area contributed by atoms with Crippen LogP contribution in [0.25, 0.3) is 0 Å². The fourth-order valence-electron chi connectivity index (χ4n) is 4.66. The van der Waals surface area contributed by atoms with Crippen LogP contribution in [-0.4, -0.2) is 21.8 Å². The fraction of sp³-hybridized carbons (Fsp3) is 0.700. The zero-order valence-corrected chi connectivity index (χ0v) is 15.5. The molecule has 0 saturated heterocycles. The summed E-state index contributed by atoms with van der Waals surface area (Å²) < 4.78 is 0. The zero-order chi connectivity index (χ0) is 17.9. The Kier molecular flexibility index (Phi) is 4.03. The van der Waals surface area contributed by atoms with E-state index in [1.807, 2.05) is 0 Å². The Bertz CT molecular complexity index is 612. The van der Waals surface area contributed by atoms with E-state index in [-0.39, 0.29) is 28.3 Å². The molecule has 0 aromatic carbocycles. The van der Waals surface area contributed by atoms with Gasteiger partial charge in [0.15, 0.2) is 11.6 Å². The zero-order valence-electron chi connectivity index (χ0n) is 15.5. The van der Waals surface area contributed by atoms with E-state index in [4.69, 9.17) is 0 Å². The van der Waals surface area contributed by atoms with E-state index < -0.39 is 0 Å². The summed E-state index contributed by atoms with van der Waals surface area (Å²) in [5.41, 5.74) is 2.56. The third-order valence-electron chi connectivity index (χ3n) is 5.58. The lowest BCUT2D eigenvalue weighted by Crippen LogP contribution is -2.44. The van der Waals surface area contributed by atoms with Gasteiger partial charge in [-0.05, 0) is 30.1 Å². The Morgan fingerprint density at radius 3 is 1.71 bits per heavy atom. The van der Waals surface area contributed by atoms with Crippen LogP contribution in [0.5, 0.6) is 0 Å². The van der Waals surface area contributed by atoms with Crippen molar-refractivity contribution in [3.63, 3.8) is 0 Å². The van der Waals surface area contributed by atoms with Crippen molar-refractivity contribution in [3.8, 4) is 0 Å². The lowest BCUT2D eigenvalue weighted by atomic mass is 9.64. The average molecular weight is 331 g/mol. The summed E-state index contributed by atoms with van der Waals surface area (Å²) in [7, 11) is 0. The highest BCUT2D eigenvalue weighted by molar-refractivity contribution is 6.05. The van der Waals surface area contributed by atoms with Crippen molar-refractivity contribution in [1.82, 2.24) is 5.06 Å². The molecule has 0 atom stereocenters. The molecule has 4 heteroatoms. The van der Waals surface area contributed by atoms with Gasteiger partial charge in [-0.3, -0.25) is 14.8 Å². The van der Waals surface area contributed by atoms with Gasteiger partial charge in [-0.15, -0.1) is 0 Å². The molecule has 0 saturated carbocycles. The summed E-state index contributed by atoms with van der Waals surface area (Å²) in [6.45, 7) is 10.4. The minimum absolute atomic E-state index is 0.0999. The Labute approximate surface area is 144 Å². The minimum Gasteiger partial charge on any atom is -0.294 e. The monoisotopic (exact) mass is 331 g/mol. The molecule has 0 aromatic heterocycles. The molecule has 0 fully saturated rings. The molecule has 0 aromatic rings. The number of nitrogens with zero attached hydrogens (tertiary/aromatic N) is 1. The molecule has 1 N–H and O–H groups in total. The summed E-state index contributed by atoms with van der Waals surface area (Å²) in [4.78, 5) is 25.7. The molecule has 1 heterocycles. The van der Waals surface area contributed by atoms with Gasteiger partial charge < -0.3 is 0 Å². The number of allylic oxidation sites excluding steroid dienone is 4. The average Bonchev–Trinajstić information content (AvgIpc) is 2.41. The third kappa shape index (κ3) is 2.75. The molecule has 24 heavy (non-hydrogen) atoms. The van der Waals surface area contributed by atoms with E-state index in [2.05, 4.69) is 34.6 Å². The molecule has 4 nitrogen and oxygen atoms in total. The Hall–Kier alpha value is -1.42. The summed E-state index contributed by atoms with van der Waals surface area (Å²) in [5, 5.41) is 12.1. The van der Waals surface area contributed by atoms with Crippen molar-refractivity contribution in [2.45, 2.75) is 73.1 Å². The molecule has 3 aliphatic rings. The topological polar surface area (TPSA) is 57.6 Å². The van der Waals surface area contributed by atoms with Gasteiger partial charge in [0.05, 0.1) is 11.4 Å². The molecule has 0 radical (unpaired) electrons. The highest BCUT2D eigenvalue weighted by atomic mass is 16.5. The van der Waals surface area contributed by atoms with Gasteiger partial charge in [-0.25, -0.2) is 5.06 Å². The molecule has 0 unspecified atom stereocenters. The molecule has 0 amide bonds. The van der Waals surface area contributed by atoms with Crippen LogP contribution in [0.2, 0.25) is 0 Å². The van der Waals surface area contributed by atoms with Crippen molar-refractivity contribution in [2.75, 3.05) is 0 Å². The summed E-state index contributed by atoms with van der Waals surface area (Å²) in [6.07, 6.45) is 4.04. The Morgan fingerprint density at radius 2 is 1.33 bits per heavy atom. The normalized spacial score (nSPS) is 26.7. The number of ketones is 2. The van der Waals surface area contributed by atoms with Gasteiger partial charge in [0.25, 0.3) is 0 Å². The van der Waals surface area contributed by atoms with E-state index >= 15 is 0 Å². The van der Waals surface area contributed by atoms with E-state index in [0.717, 1.165) is 24.2 Å². The van der Waals surface area contributed by atoms with Crippen LogP contribution in [-0.2, 0) is 9.59 Å². The van der Waals surface area contributed by atoms with Gasteiger partial charge in [-0.2, -0.15) is 0 Å². The number of Topliss-reactive ketones (excluding diaryl/α,β-unsaturated/α-hetero) is 2. The van der Waals surface area contributed by atoms with Crippen LogP contribution in [0.4, 0.5) is 0 Å². The first-order chi connectivity index (χ1) is 11.1. The first-order valence-corrected chi connectivity index (χ1v) is 9.08. The van der Waals surface area contributed by atoms with Crippen LogP contribution in [0.1, 0.15) is 73.1 Å².